The molecule has 0 aliphatic rings. The number of aliphatic hydroxyl groups is 1. The van der Waals surface area contributed by atoms with E-state index >= 15 is 0 Å². The number of carbonyl (C=O) groups is 1. The van der Waals surface area contributed by atoms with E-state index in [0.717, 1.165) is 6.42 Å². The Balaban J connectivity index is 2.41. The quantitative estimate of drug-likeness (QED) is 0.773. The van der Waals surface area contributed by atoms with Crippen LogP contribution in [0, 0.1) is 5.92 Å². The van der Waals surface area contributed by atoms with Gasteiger partial charge >= 0.3 is 5.97 Å². The van der Waals surface area contributed by atoms with Crippen LogP contribution in [0.1, 0.15) is 18.9 Å². The highest BCUT2D eigenvalue weighted by Crippen LogP contribution is 2.12. The fraction of sp³-hybridized carbons (Fsp3) is 0.462. The van der Waals surface area contributed by atoms with Gasteiger partial charge in [-0.15, -0.1) is 0 Å². The molecule has 88 valence electrons. The Morgan fingerprint density at radius 3 is 2.56 bits per heavy atom. The minimum absolute atomic E-state index is 0.361. The normalized spacial score (nSPS) is 14.2. The number of aliphatic hydroxyl groups excluding tert-OH is 1. The molecule has 0 aliphatic carbocycles. The minimum Gasteiger partial charge on any atom is -0.469 e. The number of ether oxygens (including phenoxy) is 1. The highest BCUT2D eigenvalue weighted by atomic mass is 16.5. The van der Waals surface area contributed by atoms with Crippen molar-refractivity contribution in [1.29, 1.82) is 0 Å². The summed E-state index contributed by atoms with van der Waals surface area (Å²) in [5, 5.41) is 9.78. The molecule has 0 bridgehead atoms. The van der Waals surface area contributed by atoms with Gasteiger partial charge in [0.1, 0.15) is 0 Å². The van der Waals surface area contributed by atoms with E-state index in [1.54, 1.807) is 6.92 Å². The van der Waals surface area contributed by atoms with Gasteiger partial charge in [0.2, 0.25) is 0 Å². The van der Waals surface area contributed by atoms with Crippen LogP contribution in [-0.2, 0) is 16.0 Å². The summed E-state index contributed by atoms with van der Waals surface area (Å²) in [7, 11) is 1.34. The largest absolute Gasteiger partial charge is 0.469 e. The molecule has 0 saturated carbocycles. The van der Waals surface area contributed by atoms with Crippen LogP contribution >= 0.6 is 0 Å². The number of carbonyl (C=O) groups excluding carboxylic acids is 1. The Bertz CT molecular complexity index is 321. The second-order valence-electron chi connectivity index (χ2n) is 3.90. The van der Waals surface area contributed by atoms with Crippen LogP contribution in [0.15, 0.2) is 30.3 Å². The van der Waals surface area contributed by atoms with E-state index in [1.165, 1.54) is 12.7 Å². The molecule has 2 atom stereocenters. The van der Waals surface area contributed by atoms with Gasteiger partial charge in [0.25, 0.3) is 0 Å². The number of benzene rings is 1. The molecule has 0 fully saturated rings. The lowest BCUT2D eigenvalue weighted by molar-refractivity contribution is -0.148. The van der Waals surface area contributed by atoms with Crippen LogP contribution in [0.3, 0.4) is 0 Å². The van der Waals surface area contributed by atoms with E-state index in [0.29, 0.717) is 6.42 Å². The summed E-state index contributed by atoms with van der Waals surface area (Å²) >= 11 is 0. The molecule has 0 spiro atoms. The zero-order chi connectivity index (χ0) is 12.0. The van der Waals surface area contributed by atoms with Gasteiger partial charge in [-0.3, -0.25) is 4.79 Å². The molecule has 1 aromatic rings. The van der Waals surface area contributed by atoms with E-state index in [4.69, 9.17) is 0 Å². The van der Waals surface area contributed by atoms with E-state index in [-0.39, 0.29) is 5.97 Å². The van der Waals surface area contributed by atoms with Gasteiger partial charge < -0.3 is 9.84 Å². The van der Waals surface area contributed by atoms with Crippen LogP contribution in [0.25, 0.3) is 0 Å². The van der Waals surface area contributed by atoms with E-state index in [2.05, 4.69) is 4.74 Å². The van der Waals surface area contributed by atoms with Crippen molar-refractivity contribution in [3.05, 3.63) is 35.9 Å². The van der Waals surface area contributed by atoms with Gasteiger partial charge in [-0.25, -0.2) is 0 Å². The molecule has 0 amide bonds. The van der Waals surface area contributed by atoms with Crippen LogP contribution < -0.4 is 0 Å². The molecule has 3 heteroatoms. The number of hydrogen-bond acceptors (Lipinski definition) is 3. The number of aryl methyl sites for hydroxylation is 1. The zero-order valence-corrected chi connectivity index (χ0v) is 9.72. The molecule has 0 saturated heterocycles. The number of methoxy groups -OCH3 is 1. The Kier molecular flexibility index (Phi) is 4.99. The molecule has 0 radical (unpaired) electrons. The van der Waals surface area contributed by atoms with Crippen LogP contribution in [0.4, 0.5) is 0 Å². The number of esters is 1. The van der Waals surface area contributed by atoms with Crippen molar-refractivity contribution in [3.63, 3.8) is 0 Å². The molecule has 1 N–H and O–H groups in total. The summed E-state index contributed by atoms with van der Waals surface area (Å²) in [4.78, 5) is 11.2. The van der Waals surface area contributed by atoms with Crippen LogP contribution in [-0.4, -0.2) is 24.3 Å². The summed E-state index contributed by atoms with van der Waals surface area (Å²) in [5.74, 6) is -0.825. The first-order chi connectivity index (χ1) is 7.65. The summed E-state index contributed by atoms with van der Waals surface area (Å²) in [5.41, 5.74) is 1.17. The fourth-order valence-electron chi connectivity index (χ4n) is 1.55. The number of rotatable bonds is 5. The molecule has 0 aromatic heterocycles. The van der Waals surface area contributed by atoms with Gasteiger partial charge in [0.15, 0.2) is 0 Å². The Hall–Kier alpha value is -1.35. The average molecular weight is 222 g/mol. The summed E-state index contributed by atoms with van der Waals surface area (Å²) in [6.07, 6.45) is 0.691. The highest BCUT2D eigenvalue weighted by molar-refractivity contribution is 5.72. The van der Waals surface area contributed by atoms with Crippen molar-refractivity contribution in [2.75, 3.05) is 7.11 Å². The van der Waals surface area contributed by atoms with Gasteiger partial charge in [0, 0.05) is 0 Å². The standard InChI is InChI=1S/C13H18O3/c1-10(13(15)16-2)12(14)9-8-11-6-4-3-5-7-11/h3-7,10,12,14H,8-9H2,1-2H3/t10-,12+/m1/s1. The summed E-state index contributed by atoms with van der Waals surface area (Å²) in [6.45, 7) is 1.68. The molecule has 3 nitrogen and oxygen atoms in total. The topological polar surface area (TPSA) is 46.5 Å². The first-order valence-corrected chi connectivity index (χ1v) is 5.45. The maximum absolute atomic E-state index is 11.2. The molecule has 0 heterocycles. The molecule has 16 heavy (non-hydrogen) atoms. The monoisotopic (exact) mass is 222 g/mol. The Labute approximate surface area is 96.1 Å². The van der Waals surface area contributed by atoms with Crippen molar-refractivity contribution in [2.45, 2.75) is 25.9 Å². The highest BCUT2D eigenvalue weighted by Gasteiger charge is 2.22. The molecule has 0 unspecified atom stereocenters. The molecule has 0 aliphatic heterocycles. The predicted octanol–water partition coefficient (Wildman–Crippen LogP) is 1.79. The van der Waals surface area contributed by atoms with Crippen molar-refractivity contribution < 1.29 is 14.6 Å². The van der Waals surface area contributed by atoms with Crippen molar-refractivity contribution >= 4 is 5.97 Å². The third-order valence-corrected chi connectivity index (χ3v) is 2.72. The maximum Gasteiger partial charge on any atom is 0.311 e. The molecule has 1 rings (SSSR count). The van der Waals surface area contributed by atoms with E-state index in [9.17, 15) is 9.90 Å². The van der Waals surface area contributed by atoms with Gasteiger partial charge in [0.05, 0.1) is 19.1 Å². The lowest BCUT2D eigenvalue weighted by Crippen LogP contribution is -2.27. The SMILES string of the molecule is COC(=O)[C@H](C)[C@@H](O)CCc1ccccc1. The van der Waals surface area contributed by atoms with Gasteiger partial charge in [-0.2, -0.15) is 0 Å². The third kappa shape index (κ3) is 3.66. The first-order valence-electron chi connectivity index (χ1n) is 5.45. The number of hydrogen-bond donors (Lipinski definition) is 1. The Morgan fingerprint density at radius 1 is 1.38 bits per heavy atom. The zero-order valence-electron chi connectivity index (χ0n) is 9.72. The molecular formula is C13H18O3. The Morgan fingerprint density at radius 2 is 2.00 bits per heavy atom. The van der Waals surface area contributed by atoms with E-state index < -0.39 is 12.0 Å². The van der Waals surface area contributed by atoms with Crippen molar-refractivity contribution in [2.24, 2.45) is 5.92 Å². The summed E-state index contributed by atoms with van der Waals surface area (Å²) in [6, 6.07) is 9.90. The van der Waals surface area contributed by atoms with Crippen LogP contribution in [0.5, 0.6) is 0 Å². The minimum atomic E-state index is -0.646. The van der Waals surface area contributed by atoms with Gasteiger partial charge in [-0.05, 0) is 25.3 Å². The first kappa shape index (κ1) is 12.7. The lowest BCUT2D eigenvalue weighted by atomic mass is 9.98. The second-order valence-corrected chi connectivity index (χ2v) is 3.90. The third-order valence-electron chi connectivity index (χ3n) is 2.72. The molecule has 1 aromatic carbocycles. The van der Waals surface area contributed by atoms with E-state index in [1.807, 2.05) is 30.3 Å². The fourth-order valence-corrected chi connectivity index (χ4v) is 1.55. The average Bonchev–Trinajstić information content (AvgIpc) is 2.35. The summed E-state index contributed by atoms with van der Waals surface area (Å²) < 4.78 is 4.59. The lowest BCUT2D eigenvalue weighted by Gasteiger charge is -2.16. The second kappa shape index (κ2) is 6.28. The molecular weight excluding hydrogens is 204 g/mol. The van der Waals surface area contributed by atoms with Crippen LogP contribution in [0.2, 0.25) is 0 Å². The predicted molar refractivity (Wildman–Crippen MR) is 61.9 cm³/mol. The smallest absolute Gasteiger partial charge is 0.311 e. The van der Waals surface area contributed by atoms with Gasteiger partial charge in [-0.1, -0.05) is 30.3 Å². The van der Waals surface area contributed by atoms with Crippen molar-refractivity contribution in [1.82, 2.24) is 0 Å². The maximum atomic E-state index is 11.2. The van der Waals surface area contributed by atoms with Crippen molar-refractivity contribution in [3.8, 4) is 0 Å².